The summed E-state index contributed by atoms with van der Waals surface area (Å²) in [5, 5.41) is 9.18. The smallest absolute Gasteiger partial charge is 0.335 e. The number of carboxylic acid groups (broad SMARTS) is 1. The highest BCUT2D eigenvalue weighted by Crippen LogP contribution is 2.27. The predicted molar refractivity (Wildman–Crippen MR) is 103 cm³/mol. The highest BCUT2D eigenvalue weighted by Gasteiger charge is 2.11. The number of aromatic nitrogens is 2. The van der Waals surface area contributed by atoms with Gasteiger partial charge in [0.1, 0.15) is 11.5 Å². The highest BCUT2D eigenvalue weighted by molar-refractivity contribution is 5.87. The van der Waals surface area contributed by atoms with E-state index >= 15 is 0 Å². The molecule has 0 radical (unpaired) electrons. The monoisotopic (exact) mass is 359 g/mol. The number of rotatable bonds is 5. The lowest BCUT2D eigenvalue weighted by Crippen LogP contribution is -2.06. The average molecular weight is 359 g/mol. The van der Waals surface area contributed by atoms with Gasteiger partial charge in [-0.15, -0.1) is 0 Å². The van der Waals surface area contributed by atoms with Crippen molar-refractivity contribution in [3.8, 4) is 11.5 Å². The van der Waals surface area contributed by atoms with Gasteiger partial charge in [0.05, 0.1) is 23.1 Å². The van der Waals surface area contributed by atoms with Crippen LogP contribution in [0.2, 0.25) is 0 Å². The molecule has 4 rings (SSSR count). The molecule has 0 aliphatic carbocycles. The molecule has 0 unspecified atom stereocenters. The average Bonchev–Trinajstić information content (AvgIpc) is 2.98. The van der Waals surface area contributed by atoms with Crippen LogP contribution in [0.1, 0.15) is 15.9 Å². The SMILES string of the molecule is Nc1nc2ccc(Oc3ccccc3)cc2n1Cc1cccc(C(=O)O)c1. The Morgan fingerprint density at radius 1 is 1.00 bits per heavy atom. The lowest BCUT2D eigenvalue weighted by molar-refractivity contribution is 0.0696. The molecule has 1 heterocycles. The molecule has 134 valence electrons. The molecule has 4 aromatic rings. The van der Waals surface area contributed by atoms with Crippen molar-refractivity contribution in [2.24, 2.45) is 0 Å². The molecular weight excluding hydrogens is 342 g/mol. The lowest BCUT2D eigenvalue weighted by Gasteiger charge is -2.09. The van der Waals surface area contributed by atoms with Crippen molar-refractivity contribution in [3.05, 3.63) is 83.9 Å². The first-order valence-electron chi connectivity index (χ1n) is 8.41. The first kappa shape index (κ1) is 16.7. The van der Waals surface area contributed by atoms with E-state index in [0.717, 1.165) is 22.3 Å². The molecular formula is C21H17N3O3. The number of fused-ring (bicyclic) bond motifs is 1. The van der Waals surface area contributed by atoms with E-state index in [1.165, 1.54) is 0 Å². The molecule has 1 aromatic heterocycles. The maximum atomic E-state index is 11.2. The Labute approximate surface area is 155 Å². The third-order valence-electron chi connectivity index (χ3n) is 4.24. The van der Waals surface area contributed by atoms with Gasteiger partial charge in [-0.05, 0) is 42.0 Å². The maximum absolute atomic E-state index is 11.2. The lowest BCUT2D eigenvalue weighted by atomic mass is 10.1. The Balaban J connectivity index is 1.70. The summed E-state index contributed by atoms with van der Waals surface area (Å²) >= 11 is 0. The third-order valence-corrected chi connectivity index (χ3v) is 4.24. The molecule has 6 heteroatoms. The summed E-state index contributed by atoms with van der Waals surface area (Å²) in [5.74, 6) is 0.820. The predicted octanol–water partition coefficient (Wildman–Crippen LogP) is 4.16. The zero-order valence-electron chi connectivity index (χ0n) is 14.4. The van der Waals surface area contributed by atoms with Gasteiger partial charge in [0.25, 0.3) is 0 Å². The number of benzene rings is 3. The minimum atomic E-state index is -0.959. The number of para-hydroxylation sites is 1. The van der Waals surface area contributed by atoms with Gasteiger partial charge in [-0.3, -0.25) is 0 Å². The fourth-order valence-corrected chi connectivity index (χ4v) is 2.96. The van der Waals surface area contributed by atoms with E-state index in [9.17, 15) is 9.90 Å². The summed E-state index contributed by atoms with van der Waals surface area (Å²) in [6.45, 7) is 0.415. The van der Waals surface area contributed by atoms with Gasteiger partial charge in [-0.25, -0.2) is 9.78 Å². The minimum Gasteiger partial charge on any atom is -0.478 e. The third kappa shape index (κ3) is 3.46. The van der Waals surface area contributed by atoms with Crippen molar-refractivity contribution in [1.82, 2.24) is 9.55 Å². The Kier molecular flexibility index (Phi) is 4.22. The molecule has 0 spiro atoms. The first-order valence-corrected chi connectivity index (χ1v) is 8.41. The molecule has 0 fully saturated rings. The highest BCUT2D eigenvalue weighted by atomic mass is 16.5. The van der Waals surface area contributed by atoms with E-state index in [1.807, 2.05) is 59.2 Å². The largest absolute Gasteiger partial charge is 0.478 e. The number of hydrogen-bond donors (Lipinski definition) is 2. The molecule has 0 saturated carbocycles. The zero-order chi connectivity index (χ0) is 18.8. The molecule has 0 aliphatic rings. The number of nitrogen functional groups attached to an aromatic ring is 1. The van der Waals surface area contributed by atoms with E-state index < -0.39 is 5.97 Å². The van der Waals surface area contributed by atoms with Crippen molar-refractivity contribution in [1.29, 1.82) is 0 Å². The molecule has 3 N–H and O–H groups in total. The van der Waals surface area contributed by atoms with Crippen LogP contribution >= 0.6 is 0 Å². The van der Waals surface area contributed by atoms with E-state index in [-0.39, 0.29) is 5.56 Å². The number of carboxylic acids is 1. The number of ether oxygens (including phenoxy) is 1. The fourth-order valence-electron chi connectivity index (χ4n) is 2.96. The minimum absolute atomic E-state index is 0.239. The summed E-state index contributed by atoms with van der Waals surface area (Å²) in [6, 6.07) is 21.9. The van der Waals surface area contributed by atoms with Crippen LogP contribution in [0, 0.1) is 0 Å². The van der Waals surface area contributed by atoms with Crippen LogP contribution in [0.15, 0.2) is 72.8 Å². The van der Waals surface area contributed by atoms with Crippen LogP contribution in [-0.2, 0) is 6.54 Å². The van der Waals surface area contributed by atoms with Gasteiger partial charge >= 0.3 is 5.97 Å². The first-order chi connectivity index (χ1) is 13.1. The van der Waals surface area contributed by atoms with E-state index in [1.54, 1.807) is 18.2 Å². The Morgan fingerprint density at radius 2 is 1.81 bits per heavy atom. The zero-order valence-corrected chi connectivity index (χ0v) is 14.4. The molecule has 0 aliphatic heterocycles. The molecule has 3 aromatic carbocycles. The number of nitrogens with zero attached hydrogens (tertiary/aromatic N) is 2. The van der Waals surface area contributed by atoms with Crippen LogP contribution < -0.4 is 10.5 Å². The van der Waals surface area contributed by atoms with Gasteiger partial charge in [-0.2, -0.15) is 0 Å². The van der Waals surface area contributed by atoms with Crippen LogP contribution in [0.5, 0.6) is 11.5 Å². The topological polar surface area (TPSA) is 90.4 Å². The Hall–Kier alpha value is -3.80. The molecule has 27 heavy (non-hydrogen) atoms. The van der Waals surface area contributed by atoms with Gasteiger partial charge in [-0.1, -0.05) is 30.3 Å². The summed E-state index contributed by atoms with van der Waals surface area (Å²) in [6.07, 6.45) is 0. The van der Waals surface area contributed by atoms with E-state index in [0.29, 0.717) is 18.2 Å². The van der Waals surface area contributed by atoms with Gasteiger partial charge < -0.3 is 20.1 Å². The van der Waals surface area contributed by atoms with Crippen LogP contribution in [0.25, 0.3) is 11.0 Å². The van der Waals surface area contributed by atoms with Gasteiger partial charge in [0.2, 0.25) is 5.95 Å². The molecule has 0 bridgehead atoms. The number of aromatic carboxylic acids is 1. The number of hydrogen-bond acceptors (Lipinski definition) is 4. The van der Waals surface area contributed by atoms with E-state index in [2.05, 4.69) is 4.98 Å². The molecule has 0 atom stereocenters. The van der Waals surface area contributed by atoms with Crippen LogP contribution in [0.4, 0.5) is 5.95 Å². The summed E-state index contributed by atoms with van der Waals surface area (Å²) in [5.41, 5.74) is 8.74. The Bertz CT molecular complexity index is 1120. The van der Waals surface area contributed by atoms with Crippen molar-refractivity contribution >= 4 is 23.0 Å². The molecule has 0 amide bonds. The second-order valence-corrected chi connectivity index (χ2v) is 6.13. The number of nitrogens with two attached hydrogens (primary N) is 1. The van der Waals surface area contributed by atoms with Crippen molar-refractivity contribution in [2.45, 2.75) is 6.54 Å². The van der Waals surface area contributed by atoms with Gasteiger partial charge in [0.15, 0.2) is 0 Å². The second kappa shape index (κ2) is 6.84. The molecule has 6 nitrogen and oxygen atoms in total. The number of imidazole rings is 1. The normalized spacial score (nSPS) is 10.8. The fraction of sp³-hybridized carbons (Fsp3) is 0.0476. The van der Waals surface area contributed by atoms with Crippen LogP contribution in [-0.4, -0.2) is 20.6 Å². The summed E-state index contributed by atoms with van der Waals surface area (Å²) in [7, 11) is 0. The van der Waals surface area contributed by atoms with Crippen molar-refractivity contribution in [3.63, 3.8) is 0 Å². The number of anilines is 1. The Morgan fingerprint density at radius 3 is 2.59 bits per heavy atom. The number of carbonyl (C=O) groups is 1. The van der Waals surface area contributed by atoms with Gasteiger partial charge in [0, 0.05) is 6.07 Å². The molecule has 0 saturated heterocycles. The van der Waals surface area contributed by atoms with Crippen molar-refractivity contribution in [2.75, 3.05) is 5.73 Å². The summed E-state index contributed by atoms with van der Waals surface area (Å²) < 4.78 is 7.73. The summed E-state index contributed by atoms with van der Waals surface area (Å²) in [4.78, 5) is 15.6. The van der Waals surface area contributed by atoms with E-state index in [4.69, 9.17) is 10.5 Å². The maximum Gasteiger partial charge on any atom is 0.335 e. The van der Waals surface area contributed by atoms with Crippen LogP contribution in [0.3, 0.4) is 0 Å². The standard InChI is InChI=1S/C21H17N3O3/c22-21-23-18-10-9-17(27-16-7-2-1-3-8-16)12-19(18)24(21)13-14-5-4-6-15(11-14)20(25)26/h1-12H,13H2,(H2,22,23)(H,25,26). The quantitative estimate of drug-likeness (QED) is 0.558. The van der Waals surface area contributed by atoms with Crippen molar-refractivity contribution < 1.29 is 14.6 Å². The second-order valence-electron chi connectivity index (χ2n) is 6.13.